The van der Waals surface area contributed by atoms with Gasteiger partial charge in [-0.2, -0.15) is 0 Å². The Hall–Kier alpha value is -1.88. The minimum absolute atomic E-state index is 0.111. The average molecular weight is 327 g/mol. The molecule has 3 fully saturated rings. The molecule has 2 aliphatic carbocycles. The van der Waals surface area contributed by atoms with E-state index < -0.39 is 5.54 Å². The summed E-state index contributed by atoms with van der Waals surface area (Å²) in [4.78, 5) is 29.0. The molecule has 24 heavy (non-hydrogen) atoms. The van der Waals surface area contributed by atoms with Gasteiger partial charge in [0.2, 0.25) is 0 Å². The van der Waals surface area contributed by atoms with Crippen molar-refractivity contribution in [2.45, 2.75) is 43.2 Å². The second-order valence-electron chi connectivity index (χ2n) is 7.84. The maximum atomic E-state index is 12.6. The van der Waals surface area contributed by atoms with E-state index in [4.69, 9.17) is 0 Å². The number of amides is 3. The highest BCUT2D eigenvalue weighted by Crippen LogP contribution is 2.56. The molecule has 5 heteroatoms. The average Bonchev–Trinajstić information content (AvgIpc) is 2.71. The molecule has 2 saturated carbocycles. The smallest absolute Gasteiger partial charge is 0.309 e. The predicted octanol–water partition coefficient (Wildman–Crippen LogP) is 2.33. The van der Waals surface area contributed by atoms with Crippen LogP contribution in [0.2, 0.25) is 0 Å². The van der Waals surface area contributed by atoms with Crippen LogP contribution in [0.1, 0.15) is 37.7 Å². The Morgan fingerprint density at radius 3 is 2.38 bits per heavy atom. The summed E-state index contributed by atoms with van der Waals surface area (Å²) < 4.78 is 0. The Morgan fingerprint density at radius 2 is 1.83 bits per heavy atom. The summed E-state index contributed by atoms with van der Waals surface area (Å²) in [5.41, 5.74) is 0.379. The molecule has 0 bridgehead atoms. The number of nitrogens with one attached hydrogen (secondary N) is 1. The number of carbonyl (C=O) groups is 2. The molecular formula is C19H25N3O2. The zero-order chi connectivity index (χ0) is 16.9. The first-order valence-corrected chi connectivity index (χ1v) is 8.84. The van der Waals surface area contributed by atoms with E-state index in [1.54, 1.807) is 0 Å². The molecule has 0 aromatic heterocycles. The van der Waals surface area contributed by atoms with Crippen LogP contribution < -0.4 is 5.32 Å². The number of nitrogens with zero attached hydrogens (tertiary/aromatic N) is 2. The lowest BCUT2D eigenvalue weighted by Crippen LogP contribution is -2.69. The van der Waals surface area contributed by atoms with Crippen molar-refractivity contribution in [2.75, 3.05) is 20.6 Å². The molecule has 1 N–H and O–H groups in total. The van der Waals surface area contributed by atoms with Crippen LogP contribution in [0.15, 0.2) is 30.3 Å². The Labute approximate surface area is 143 Å². The molecule has 5 nitrogen and oxygen atoms in total. The van der Waals surface area contributed by atoms with Crippen LogP contribution in [0.25, 0.3) is 0 Å². The summed E-state index contributed by atoms with van der Waals surface area (Å²) in [5.74, 6) is 0.449. The summed E-state index contributed by atoms with van der Waals surface area (Å²) in [6.45, 7) is 0.718. The molecule has 1 heterocycles. The molecule has 3 amide bonds. The Balaban J connectivity index is 1.64. The Kier molecular flexibility index (Phi) is 3.46. The van der Waals surface area contributed by atoms with Crippen LogP contribution in [-0.2, 0) is 10.3 Å². The van der Waals surface area contributed by atoms with Crippen molar-refractivity contribution in [2.24, 2.45) is 5.92 Å². The number of hydrogen-bond acceptors (Lipinski definition) is 3. The van der Waals surface area contributed by atoms with Crippen molar-refractivity contribution < 1.29 is 9.59 Å². The molecule has 1 spiro atoms. The van der Waals surface area contributed by atoms with Gasteiger partial charge in [0.15, 0.2) is 0 Å². The lowest BCUT2D eigenvalue weighted by Gasteiger charge is -2.59. The number of hydrogen-bond donors (Lipinski definition) is 1. The zero-order valence-corrected chi connectivity index (χ0v) is 14.4. The van der Waals surface area contributed by atoms with Crippen molar-refractivity contribution in [1.29, 1.82) is 0 Å². The first-order chi connectivity index (χ1) is 11.5. The highest BCUT2D eigenvalue weighted by Gasteiger charge is 2.67. The van der Waals surface area contributed by atoms with Crippen molar-refractivity contribution in [3.05, 3.63) is 35.9 Å². The van der Waals surface area contributed by atoms with Crippen LogP contribution in [0.5, 0.6) is 0 Å². The van der Waals surface area contributed by atoms with E-state index in [0.29, 0.717) is 18.8 Å². The highest BCUT2D eigenvalue weighted by molar-refractivity contribution is 6.08. The summed E-state index contributed by atoms with van der Waals surface area (Å²) in [6, 6.07) is 10.1. The minimum Gasteiger partial charge on any atom is -0.309 e. The largest absolute Gasteiger partial charge is 0.325 e. The summed E-state index contributed by atoms with van der Waals surface area (Å²) in [7, 11) is 4.12. The molecule has 0 unspecified atom stereocenters. The molecule has 0 radical (unpaired) electrons. The van der Waals surface area contributed by atoms with Gasteiger partial charge >= 0.3 is 6.03 Å². The van der Waals surface area contributed by atoms with Crippen LogP contribution in [0.4, 0.5) is 4.79 Å². The van der Waals surface area contributed by atoms with E-state index in [0.717, 1.165) is 6.54 Å². The molecular weight excluding hydrogens is 302 g/mol. The molecule has 128 valence electrons. The third-order valence-corrected chi connectivity index (χ3v) is 6.41. The molecule has 3 aliphatic rings. The fraction of sp³-hybridized carbons (Fsp3) is 0.579. The van der Waals surface area contributed by atoms with E-state index in [9.17, 15) is 9.59 Å². The molecule has 1 aromatic carbocycles. The predicted molar refractivity (Wildman–Crippen MR) is 91.4 cm³/mol. The van der Waals surface area contributed by atoms with E-state index in [-0.39, 0.29) is 17.5 Å². The van der Waals surface area contributed by atoms with E-state index in [1.165, 1.54) is 24.8 Å². The van der Waals surface area contributed by atoms with Crippen LogP contribution >= 0.6 is 0 Å². The van der Waals surface area contributed by atoms with E-state index in [1.807, 2.05) is 23.1 Å². The third kappa shape index (κ3) is 2.04. The first-order valence-electron chi connectivity index (χ1n) is 8.84. The van der Waals surface area contributed by atoms with E-state index in [2.05, 4.69) is 36.4 Å². The molecule has 1 aliphatic heterocycles. The number of imide groups is 1. The number of benzene rings is 1. The molecule has 0 atom stereocenters. The summed E-state index contributed by atoms with van der Waals surface area (Å²) in [6.07, 6.45) is 4.92. The SMILES string of the molecule is CN(C)[C@]1(c2ccccc2)C[C@]2(C1)C(=O)NC(=O)N2CC1CCC1. The fourth-order valence-corrected chi connectivity index (χ4v) is 4.58. The molecule has 1 saturated heterocycles. The Morgan fingerprint density at radius 1 is 1.17 bits per heavy atom. The number of rotatable bonds is 4. The number of urea groups is 1. The van der Waals surface area contributed by atoms with Gasteiger partial charge in [-0.05, 0) is 38.4 Å². The van der Waals surface area contributed by atoms with Crippen LogP contribution in [0.3, 0.4) is 0 Å². The van der Waals surface area contributed by atoms with Crippen LogP contribution in [-0.4, -0.2) is 47.9 Å². The highest BCUT2D eigenvalue weighted by atomic mass is 16.2. The monoisotopic (exact) mass is 327 g/mol. The van der Waals surface area contributed by atoms with Gasteiger partial charge in [-0.15, -0.1) is 0 Å². The van der Waals surface area contributed by atoms with Gasteiger partial charge in [0.1, 0.15) is 5.54 Å². The van der Waals surface area contributed by atoms with Gasteiger partial charge in [0.25, 0.3) is 5.91 Å². The topological polar surface area (TPSA) is 52.7 Å². The number of carbonyl (C=O) groups excluding carboxylic acids is 2. The lowest BCUT2D eigenvalue weighted by atomic mass is 9.58. The summed E-state index contributed by atoms with van der Waals surface area (Å²) >= 11 is 0. The third-order valence-electron chi connectivity index (χ3n) is 6.41. The van der Waals surface area contributed by atoms with Gasteiger partial charge in [0.05, 0.1) is 5.54 Å². The van der Waals surface area contributed by atoms with Gasteiger partial charge in [-0.1, -0.05) is 36.8 Å². The second-order valence-corrected chi connectivity index (χ2v) is 7.84. The maximum Gasteiger partial charge on any atom is 0.325 e. The van der Waals surface area contributed by atoms with Gasteiger partial charge in [-0.3, -0.25) is 15.0 Å². The maximum absolute atomic E-state index is 12.6. The standard InChI is InChI=1S/C19H25N3O2/c1-21(2)18(15-9-4-3-5-10-15)12-19(13-18)16(23)20-17(24)22(19)11-14-7-6-8-14/h3-5,9-10,14H,6-8,11-13H2,1-2H3,(H,20,23,24)/t18-,19+. The van der Waals surface area contributed by atoms with Gasteiger partial charge in [0, 0.05) is 19.4 Å². The quantitative estimate of drug-likeness (QED) is 0.864. The van der Waals surface area contributed by atoms with Crippen molar-refractivity contribution in [3.63, 3.8) is 0 Å². The van der Waals surface area contributed by atoms with Crippen molar-refractivity contribution >= 4 is 11.9 Å². The van der Waals surface area contributed by atoms with Crippen molar-refractivity contribution in [1.82, 2.24) is 15.1 Å². The molecule has 1 aromatic rings. The lowest BCUT2D eigenvalue weighted by molar-refractivity contribution is -0.144. The minimum atomic E-state index is -0.660. The van der Waals surface area contributed by atoms with Gasteiger partial charge in [-0.25, -0.2) is 4.79 Å². The Bertz CT molecular complexity index is 660. The van der Waals surface area contributed by atoms with Crippen LogP contribution in [0, 0.1) is 5.92 Å². The van der Waals surface area contributed by atoms with Crippen molar-refractivity contribution in [3.8, 4) is 0 Å². The first kappa shape index (κ1) is 15.6. The fourth-order valence-electron chi connectivity index (χ4n) is 4.58. The normalized spacial score (nSPS) is 32.9. The zero-order valence-electron chi connectivity index (χ0n) is 14.4. The second kappa shape index (κ2) is 5.31. The van der Waals surface area contributed by atoms with Gasteiger partial charge < -0.3 is 4.90 Å². The summed E-state index contributed by atoms with van der Waals surface area (Å²) in [5, 5.41) is 2.57. The molecule has 4 rings (SSSR count). The van der Waals surface area contributed by atoms with E-state index >= 15 is 0 Å².